The number of benzene rings is 2. The zero-order chi connectivity index (χ0) is 26.8. The first-order valence-corrected chi connectivity index (χ1v) is 13.3. The Morgan fingerprint density at radius 1 is 1.34 bits per heavy atom. The number of halogens is 2. The summed E-state index contributed by atoms with van der Waals surface area (Å²) in [6, 6.07) is 10.9. The molecule has 1 amide bonds. The van der Waals surface area contributed by atoms with E-state index in [4.69, 9.17) is 55.4 Å². The van der Waals surface area contributed by atoms with Crippen LogP contribution in [0.1, 0.15) is 18.6 Å². The largest absolute Gasteiger partial charge is 0.489 e. The van der Waals surface area contributed by atoms with Crippen molar-refractivity contribution in [1.29, 1.82) is 0 Å². The molecular formula is C27H26Cl2N4O4S. The Hall–Kier alpha value is -2.79. The monoisotopic (exact) mass is 572 g/mol. The van der Waals surface area contributed by atoms with Crippen molar-refractivity contribution in [2.45, 2.75) is 25.2 Å². The second-order valence-electron chi connectivity index (χ2n) is 8.99. The molecule has 0 spiro atoms. The lowest BCUT2D eigenvalue weighted by molar-refractivity contribution is -0.114. The summed E-state index contributed by atoms with van der Waals surface area (Å²) in [4.78, 5) is 17.0. The number of hydrogen-bond donors (Lipinski definition) is 2. The van der Waals surface area contributed by atoms with E-state index >= 15 is 0 Å². The molecule has 8 nitrogen and oxygen atoms in total. The summed E-state index contributed by atoms with van der Waals surface area (Å²) < 4.78 is 19.9. The number of thiocarbonyl (C=S) groups is 1. The van der Waals surface area contributed by atoms with Crippen LogP contribution in [0.15, 0.2) is 60.5 Å². The van der Waals surface area contributed by atoms with Crippen LogP contribution >= 0.6 is 35.4 Å². The molecule has 198 valence electrons. The van der Waals surface area contributed by atoms with Crippen LogP contribution in [0.25, 0.3) is 16.7 Å². The number of allylic oxidation sites excluding steroid dienone is 2. The van der Waals surface area contributed by atoms with Crippen molar-refractivity contribution >= 4 is 62.9 Å². The van der Waals surface area contributed by atoms with Crippen molar-refractivity contribution in [2.75, 3.05) is 26.3 Å². The third-order valence-electron chi connectivity index (χ3n) is 6.40. The number of ether oxygens (including phenoxy) is 3. The SMILES string of the molecule is C[C@@H](OC1C=C(n2cnc3cc(Cl)ccc32)C=C(C(N)=O)C1=S)c1cccc(OC[C@H]2CNCCO2)c1Cl. The molecule has 38 heavy (non-hydrogen) atoms. The quantitative estimate of drug-likeness (QED) is 0.383. The molecule has 1 aliphatic carbocycles. The Morgan fingerprint density at radius 3 is 2.95 bits per heavy atom. The van der Waals surface area contributed by atoms with Crippen LogP contribution in [0.3, 0.4) is 0 Å². The summed E-state index contributed by atoms with van der Waals surface area (Å²) in [6.45, 7) is 4.44. The molecule has 5 rings (SSSR count). The minimum absolute atomic E-state index is 0.0467. The van der Waals surface area contributed by atoms with E-state index in [0.717, 1.165) is 24.2 Å². The van der Waals surface area contributed by atoms with Gasteiger partial charge >= 0.3 is 0 Å². The van der Waals surface area contributed by atoms with Crippen molar-refractivity contribution in [2.24, 2.45) is 5.73 Å². The van der Waals surface area contributed by atoms with Crippen LogP contribution in [0.2, 0.25) is 10.0 Å². The first kappa shape index (κ1) is 26.8. The number of nitrogens with zero attached hydrogens (tertiary/aromatic N) is 2. The van der Waals surface area contributed by atoms with Gasteiger partial charge < -0.3 is 25.3 Å². The number of amides is 1. The van der Waals surface area contributed by atoms with Crippen LogP contribution in [0, 0.1) is 0 Å². The van der Waals surface area contributed by atoms with E-state index in [1.165, 1.54) is 0 Å². The number of primary amides is 1. The Bertz CT molecular complexity index is 1450. The highest BCUT2D eigenvalue weighted by Crippen LogP contribution is 2.36. The summed E-state index contributed by atoms with van der Waals surface area (Å²) in [5, 5.41) is 4.30. The van der Waals surface area contributed by atoms with Crippen LogP contribution in [0.4, 0.5) is 0 Å². The molecule has 0 saturated carbocycles. The maximum atomic E-state index is 12.3. The lowest BCUT2D eigenvalue weighted by Crippen LogP contribution is -2.41. The standard InChI is InChI=1S/C27H26Cl2N4O4S/c1-15(19-3-2-4-23(25(19)29)36-13-18-12-31-7-8-35-18)37-24-11-17(10-20(26(24)38)27(30)34)33-14-32-21-9-16(28)5-6-22(21)33/h2-6,9-11,14-15,18,24,31H,7-8,12-13H2,1H3,(H2,30,34)/t15-,18-,24?/m1/s1. The van der Waals surface area contributed by atoms with Crippen LogP contribution in [0.5, 0.6) is 5.75 Å². The fourth-order valence-electron chi connectivity index (χ4n) is 4.44. The minimum atomic E-state index is -0.713. The van der Waals surface area contributed by atoms with Gasteiger partial charge in [0.1, 0.15) is 30.9 Å². The summed E-state index contributed by atoms with van der Waals surface area (Å²) in [5.41, 5.74) is 8.78. The average Bonchev–Trinajstić information content (AvgIpc) is 3.32. The van der Waals surface area contributed by atoms with Crippen LogP contribution in [-0.2, 0) is 14.3 Å². The van der Waals surface area contributed by atoms with Gasteiger partial charge in [-0.3, -0.25) is 9.36 Å². The molecule has 1 fully saturated rings. The predicted molar refractivity (Wildman–Crippen MR) is 152 cm³/mol. The Balaban J connectivity index is 1.39. The molecular weight excluding hydrogens is 547 g/mol. The highest BCUT2D eigenvalue weighted by atomic mass is 35.5. The van der Waals surface area contributed by atoms with Gasteiger partial charge in [-0.25, -0.2) is 4.98 Å². The smallest absolute Gasteiger partial charge is 0.250 e. The molecule has 3 N–H and O–H groups in total. The number of rotatable bonds is 8. The summed E-state index contributed by atoms with van der Waals surface area (Å²) in [5.74, 6) is -0.0975. The number of nitrogens with one attached hydrogen (secondary N) is 1. The fraction of sp³-hybridized carbons (Fsp3) is 0.296. The minimum Gasteiger partial charge on any atom is -0.489 e. The molecule has 2 aromatic carbocycles. The molecule has 11 heteroatoms. The van der Waals surface area contributed by atoms with Gasteiger partial charge in [0.25, 0.3) is 0 Å². The van der Waals surface area contributed by atoms with E-state index in [1.54, 1.807) is 24.5 Å². The highest BCUT2D eigenvalue weighted by Gasteiger charge is 2.29. The van der Waals surface area contributed by atoms with Crippen molar-refractivity contribution in [1.82, 2.24) is 14.9 Å². The Labute approximate surface area is 235 Å². The van der Waals surface area contributed by atoms with E-state index in [0.29, 0.717) is 45.1 Å². The summed E-state index contributed by atoms with van der Waals surface area (Å²) in [7, 11) is 0. The molecule has 2 aliphatic rings. The number of hydrogen-bond acceptors (Lipinski definition) is 7. The number of carbonyl (C=O) groups excluding carboxylic acids is 1. The van der Waals surface area contributed by atoms with Crippen molar-refractivity contribution < 1.29 is 19.0 Å². The van der Waals surface area contributed by atoms with Gasteiger partial charge in [-0.05, 0) is 43.3 Å². The van der Waals surface area contributed by atoms with Gasteiger partial charge in [0, 0.05) is 29.4 Å². The molecule has 0 radical (unpaired) electrons. The molecule has 2 heterocycles. The lowest BCUT2D eigenvalue weighted by Gasteiger charge is -2.27. The van der Waals surface area contributed by atoms with E-state index in [2.05, 4.69) is 10.3 Å². The molecule has 1 unspecified atom stereocenters. The number of morpholine rings is 1. The first-order chi connectivity index (χ1) is 18.3. The van der Waals surface area contributed by atoms with Crippen molar-refractivity contribution in [3.63, 3.8) is 0 Å². The third kappa shape index (κ3) is 5.63. The second-order valence-corrected chi connectivity index (χ2v) is 10.2. The normalized spacial score (nSPS) is 20.7. The number of imidazole rings is 1. The summed E-state index contributed by atoms with van der Waals surface area (Å²) in [6.07, 6.45) is 3.89. The maximum absolute atomic E-state index is 12.3. The molecule has 1 saturated heterocycles. The molecule has 1 aromatic heterocycles. The number of carbonyl (C=O) groups is 1. The topological polar surface area (TPSA) is 101 Å². The van der Waals surface area contributed by atoms with E-state index in [-0.39, 0.29) is 11.7 Å². The average molecular weight is 574 g/mol. The Morgan fingerprint density at radius 2 is 2.18 bits per heavy atom. The van der Waals surface area contributed by atoms with Crippen molar-refractivity contribution in [3.8, 4) is 5.75 Å². The second kappa shape index (κ2) is 11.5. The van der Waals surface area contributed by atoms with Gasteiger partial charge in [-0.2, -0.15) is 0 Å². The van der Waals surface area contributed by atoms with Gasteiger partial charge in [0.05, 0.1) is 39.2 Å². The first-order valence-electron chi connectivity index (χ1n) is 12.1. The number of aromatic nitrogens is 2. The van der Waals surface area contributed by atoms with Crippen molar-refractivity contribution in [3.05, 3.63) is 76.1 Å². The van der Waals surface area contributed by atoms with E-state index < -0.39 is 18.1 Å². The van der Waals surface area contributed by atoms with Gasteiger partial charge in [-0.15, -0.1) is 0 Å². The molecule has 1 aliphatic heterocycles. The molecule has 3 atom stereocenters. The van der Waals surface area contributed by atoms with E-state index in [9.17, 15) is 4.79 Å². The number of nitrogens with two attached hydrogens (primary N) is 1. The van der Waals surface area contributed by atoms with E-state index in [1.807, 2.05) is 41.8 Å². The fourth-order valence-corrected chi connectivity index (χ4v) is 5.23. The Kier molecular flexibility index (Phi) is 8.13. The summed E-state index contributed by atoms with van der Waals surface area (Å²) >= 11 is 18.4. The zero-order valence-corrected chi connectivity index (χ0v) is 22.9. The zero-order valence-electron chi connectivity index (χ0n) is 20.5. The lowest BCUT2D eigenvalue weighted by atomic mass is 9.98. The van der Waals surface area contributed by atoms with Gasteiger partial charge in [0.15, 0.2) is 0 Å². The van der Waals surface area contributed by atoms with Crippen LogP contribution < -0.4 is 15.8 Å². The van der Waals surface area contributed by atoms with Gasteiger partial charge in [-0.1, -0.05) is 47.6 Å². The predicted octanol–water partition coefficient (Wildman–Crippen LogP) is 4.49. The number of fused-ring (bicyclic) bond motifs is 1. The van der Waals surface area contributed by atoms with Crippen LogP contribution in [-0.4, -0.2) is 58.8 Å². The third-order valence-corrected chi connectivity index (χ3v) is 7.49. The van der Waals surface area contributed by atoms with Gasteiger partial charge in [0.2, 0.25) is 5.91 Å². The maximum Gasteiger partial charge on any atom is 0.250 e. The molecule has 3 aromatic rings. The highest BCUT2D eigenvalue weighted by molar-refractivity contribution is 7.81. The molecule has 0 bridgehead atoms.